The number of primary amides is 1. The van der Waals surface area contributed by atoms with E-state index in [1.54, 1.807) is 6.92 Å². The van der Waals surface area contributed by atoms with Crippen LogP contribution in [0.3, 0.4) is 0 Å². The predicted octanol–water partition coefficient (Wildman–Crippen LogP) is -0.121. The molecule has 0 bridgehead atoms. The lowest BCUT2D eigenvalue weighted by molar-refractivity contribution is -0.137. The molecule has 1 atom stereocenters. The van der Waals surface area contributed by atoms with E-state index in [1.807, 2.05) is 13.8 Å². The summed E-state index contributed by atoms with van der Waals surface area (Å²) < 4.78 is 0. The molecule has 92 valence electrons. The summed E-state index contributed by atoms with van der Waals surface area (Å²) in [6, 6.07) is 0. The third-order valence-corrected chi connectivity index (χ3v) is 2.39. The first kappa shape index (κ1) is 14.8. The van der Waals surface area contributed by atoms with Crippen molar-refractivity contribution in [3.8, 4) is 0 Å². The number of carbonyl (C=O) groups is 2. The third-order valence-electron chi connectivity index (χ3n) is 2.04. The van der Waals surface area contributed by atoms with Gasteiger partial charge in [0.2, 0.25) is 11.8 Å². The average Bonchev–Trinajstić information content (AvgIpc) is 2.12. The smallest absolute Gasteiger partial charge is 0.237 e. The normalized spacial score (nSPS) is 12.2. The summed E-state index contributed by atoms with van der Waals surface area (Å²) in [5, 5.41) is 0. The number of rotatable bonds is 6. The van der Waals surface area contributed by atoms with E-state index < -0.39 is 11.8 Å². The van der Waals surface area contributed by atoms with E-state index in [2.05, 4.69) is 0 Å². The van der Waals surface area contributed by atoms with Crippen LogP contribution in [-0.2, 0) is 9.59 Å². The first-order valence-corrected chi connectivity index (χ1v) is 5.53. The maximum Gasteiger partial charge on any atom is 0.237 e. The van der Waals surface area contributed by atoms with Crippen LogP contribution in [0.15, 0.2) is 0 Å². The van der Waals surface area contributed by atoms with Gasteiger partial charge >= 0.3 is 0 Å². The van der Waals surface area contributed by atoms with Crippen LogP contribution in [0.25, 0.3) is 0 Å². The summed E-state index contributed by atoms with van der Waals surface area (Å²) in [5.41, 5.74) is 10.5. The van der Waals surface area contributed by atoms with Gasteiger partial charge in [-0.1, -0.05) is 26.1 Å². The Morgan fingerprint density at radius 1 is 1.25 bits per heavy atom. The van der Waals surface area contributed by atoms with Gasteiger partial charge in [-0.2, -0.15) is 0 Å². The van der Waals surface area contributed by atoms with Crippen molar-refractivity contribution in [2.24, 2.45) is 23.3 Å². The van der Waals surface area contributed by atoms with Crippen LogP contribution < -0.4 is 11.5 Å². The predicted molar refractivity (Wildman–Crippen MR) is 66.6 cm³/mol. The fraction of sp³-hybridized carbons (Fsp3) is 0.700. The van der Waals surface area contributed by atoms with Crippen LogP contribution in [0.2, 0.25) is 0 Å². The van der Waals surface area contributed by atoms with Crippen LogP contribution >= 0.6 is 12.2 Å². The van der Waals surface area contributed by atoms with Gasteiger partial charge in [0.25, 0.3) is 0 Å². The SMILES string of the molecule is CC(C)CN(CC(N)=O)C(=O)C(C)C(N)=S. The highest BCUT2D eigenvalue weighted by Gasteiger charge is 2.24. The summed E-state index contributed by atoms with van der Waals surface area (Å²) in [6.07, 6.45) is 0. The molecule has 1 unspecified atom stereocenters. The molecule has 6 heteroatoms. The molecule has 0 spiro atoms. The summed E-state index contributed by atoms with van der Waals surface area (Å²) in [7, 11) is 0. The van der Waals surface area contributed by atoms with Crippen molar-refractivity contribution in [2.75, 3.05) is 13.1 Å². The zero-order chi connectivity index (χ0) is 12.9. The van der Waals surface area contributed by atoms with Gasteiger partial charge in [-0.25, -0.2) is 0 Å². The van der Waals surface area contributed by atoms with E-state index in [1.165, 1.54) is 4.90 Å². The first-order chi connectivity index (χ1) is 7.25. The molecule has 0 fully saturated rings. The summed E-state index contributed by atoms with van der Waals surface area (Å²) in [6.45, 7) is 5.90. The fourth-order valence-corrected chi connectivity index (χ4v) is 1.36. The Balaban J connectivity index is 4.67. The molecule has 0 radical (unpaired) electrons. The minimum atomic E-state index is -0.562. The fourth-order valence-electron chi connectivity index (χ4n) is 1.26. The standard InChI is InChI=1S/C10H19N3O2S/c1-6(2)4-13(5-8(11)14)10(15)7(3)9(12)16/h6-7H,4-5H2,1-3H3,(H2,11,14)(H2,12,16). The van der Waals surface area contributed by atoms with E-state index in [4.69, 9.17) is 23.7 Å². The lowest BCUT2D eigenvalue weighted by Gasteiger charge is -2.25. The van der Waals surface area contributed by atoms with Crippen molar-refractivity contribution in [3.63, 3.8) is 0 Å². The summed E-state index contributed by atoms with van der Waals surface area (Å²) in [5.74, 6) is -1.10. The van der Waals surface area contributed by atoms with Crippen LogP contribution in [0.1, 0.15) is 20.8 Å². The molecular formula is C10H19N3O2S. The number of hydrogen-bond acceptors (Lipinski definition) is 3. The van der Waals surface area contributed by atoms with E-state index in [-0.39, 0.29) is 23.4 Å². The number of amides is 2. The number of nitrogens with two attached hydrogens (primary N) is 2. The molecule has 4 N–H and O–H groups in total. The van der Waals surface area contributed by atoms with Crippen LogP contribution in [0, 0.1) is 11.8 Å². The number of thiocarbonyl (C=S) groups is 1. The van der Waals surface area contributed by atoms with Crippen molar-refractivity contribution < 1.29 is 9.59 Å². The Bertz CT molecular complexity index is 292. The zero-order valence-corrected chi connectivity index (χ0v) is 10.7. The van der Waals surface area contributed by atoms with E-state index in [9.17, 15) is 9.59 Å². The Hall–Kier alpha value is -1.17. The molecule has 2 amide bonds. The van der Waals surface area contributed by atoms with Gasteiger partial charge in [0, 0.05) is 6.54 Å². The molecule has 0 aromatic rings. The summed E-state index contributed by atoms with van der Waals surface area (Å²) in [4.78, 5) is 24.3. The minimum Gasteiger partial charge on any atom is -0.393 e. The Morgan fingerprint density at radius 3 is 2.06 bits per heavy atom. The lowest BCUT2D eigenvalue weighted by atomic mass is 10.1. The van der Waals surface area contributed by atoms with Gasteiger partial charge in [0.1, 0.15) is 0 Å². The van der Waals surface area contributed by atoms with Crippen molar-refractivity contribution >= 4 is 29.0 Å². The molecule has 0 aliphatic rings. The van der Waals surface area contributed by atoms with Gasteiger partial charge in [-0.15, -0.1) is 0 Å². The van der Waals surface area contributed by atoms with E-state index in [0.717, 1.165) is 0 Å². The maximum atomic E-state index is 11.9. The average molecular weight is 245 g/mol. The Morgan fingerprint density at radius 2 is 1.75 bits per heavy atom. The largest absolute Gasteiger partial charge is 0.393 e. The first-order valence-electron chi connectivity index (χ1n) is 5.12. The minimum absolute atomic E-state index is 0.0933. The van der Waals surface area contributed by atoms with Crippen LogP contribution in [-0.4, -0.2) is 34.8 Å². The highest BCUT2D eigenvalue weighted by molar-refractivity contribution is 7.80. The molecule has 0 saturated carbocycles. The molecule has 0 aliphatic carbocycles. The quantitative estimate of drug-likeness (QED) is 0.638. The molecule has 16 heavy (non-hydrogen) atoms. The summed E-state index contributed by atoms with van der Waals surface area (Å²) >= 11 is 4.75. The van der Waals surface area contributed by atoms with Gasteiger partial charge in [-0.05, 0) is 12.8 Å². The molecule has 0 aliphatic heterocycles. The highest BCUT2D eigenvalue weighted by atomic mass is 32.1. The second kappa shape index (κ2) is 6.42. The molecule has 5 nitrogen and oxygen atoms in total. The molecular weight excluding hydrogens is 226 g/mol. The van der Waals surface area contributed by atoms with Crippen LogP contribution in [0.4, 0.5) is 0 Å². The maximum absolute atomic E-state index is 11.9. The topological polar surface area (TPSA) is 89.4 Å². The monoisotopic (exact) mass is 245 g/mol. The van der Waals surface area contributed by atoms with Crippen LogP contribution in [0.5, 0.6) is 0 Å². The van der Waals surface area contributed by atoms with Crippen molar-refractivity contribution in [2.45, 2.75) is 20.8 Å². The molecule has 0 aromatic carbocycles. The number of hydrogen-bond donors (Lipinski definition) is 2. The zero-order valence-electron chi connectivity index (χ0n) is 9.90. The van der Waals surface area contributed by atoms with Crippen molar-refractivity contribution in [3.05, 3.63) is 0 Å². The molecule has 0 heterocycles. The molecule has 0 saturated heterocycles. The Labute approximate surface area is 101 Å². The number of carbonyl (C=O) groups excluding carboxylic acids is 2. The van der Waals surface area contributed by atoms with Gasteiger partial charge < -0.3 is 16.4 Å². The van der Waals surface area contributed by atoms with Crippen molar-refractivity contribution in [1.29, 1.82) is 0 Å². The van der Waals surface area contributed by atoms with Gasteiger partial charge in [0.05, 0.1) is 17.5 Å². The second-order valence-corrected chi connectivity index (χ2v) is 4.67. The molecule has 0 rings (SSSR count). The molecule has 0 aromatic heterocycles. The van der Waals surface area contributed by atoms with E-state index in [0.29, 0.717) is 6.54 Å². The van der Waals surface area contributed by atoms with Crippen molar-refractivity contribution in [1.82, 2.24) is 4.90 Å². The van der Waals surface area contributed by atoms with Gasteiger partial charge in [-0.3, -0.25) is 9.59 Å². The highest BCUT2D eigenvalue weighted by Crippen LogP contribution is 2.06. The van der Waals surface area contributed by atoms with E-state index >= 15 is 0 Å². The van der Waals surface area contributed by atoms with Gasteiger partial charge in [0.15, 0.2) is 0 Å². The lowest BCUT2D eigenvalue weighted by Crippen LogP contribution is -2.45. The second-order valence-electron chi connectivity index (χ2n) is 4.20. The number of nitrogens with zero attached hydrogens (tertiary/aromatic N) is 1. The third kappa shape index (κ3) is 5.06. The Kier molecular flexibility index (Phi) is 5.95.